The second kappa shape index (κ2) is 10.1. The van der Waals surface area contributed by atoms with Gasteiger partial charge in [-0.1, -0.05) is 56.7 Å². The Labute approximate surface area is 134 Å². The van der Waals surface area contributed by atoms with E-state index in [2.05, 4.69) is 6.92 Å². The number of sulfone groups is 1. The SMILES string of the molecule is CCCCCCCCS/C=C/S(=O)(=O)c1ccc(C)cc1. The summed E-state index contributed by atoms with van der Waals surface area (Å²) in [6.07, 6.45) is 7.60. The number of hydrogen-bond donors (Lipinski definition) is 0. The molecule has 0 amide bonds. The number of benzene rings is 1. The maximum Gasteiger partial charge on any atom is 0.200 e. The molecule has 0 aromatic heterocycles. The molecule has 118 valence electrons. The zero-order chi connectivity index (χ0) is 15.6. The van der Waals surface area contributed by atoms with E-state index in [1.807, 2.05) is 19.1 Å². The van der Waals surface area contributed by atoms with Gasteiger partial charge in [0.15, 0.2) is 9.84 Å². The van der Waals surface area contributed by atoms with Gasteiger partial charge in [0.25, 0.3) is 0 Å². The molecule has 0 spiro atoms. The number of thioether (sulfide) groups is 1. The number of unbranched alkanes of at least 4 members (excludes halogenated alkanes) is 5. The van der Waals surface area contributed by atoms with Gasteiger partial charge >= 0.3 is 0 Å². The summed E-state index contributed by atoms with van der Waals surface area (Å²) in [5.74, 6) is 0.992. The predicted octanol–water partition coefficient (Wildman–Crippen LogP) is 5.33. The summed E-state index contributed by atoms with van der Waals surface area (Å²) < 4.78 is 24.1. The smallest absolute Gasteiger partial charge is 0.200 e. The molecule has 1 rings (SSSR count). The van der Waals surface area contributed by atoms with Gasteiger partial charge < -0.3 is 0 Å². The number of aryl methyl sites for hydroxylation is 1. The lowest BCUT2D eigenvalue weighted by molar-refractivity contribution is 0.604. The van der Waals surface area contributed by atoms with Gasteiger partial charge in [0, 0.05) is 5.41 Å². The van der Waals surface area contributed by atoms with Crippen molar-refractivity contribution in [3.05, 3.63) is 40.6 Å². The van der Waals surface area contributed by atoms with Crippen LogP contribution < -0.4 is 0 Å². The highest BCUT2D eigenvalue weighted by Crippen LogP contribution is 2.16. The van der Waals surface area contributed by atoms with Crippen molar-refractivity contribution in [3.8, 4) is 0 Å². The van der Waals surface area contributed by atoms with E-state index in [-0.39, 0.29) is 0 Å². The van der Waals surface area contributed by atoms with Crippen LogP contribution >= 0.6 is 11.8 Å². The summed E-state index contributed by atoms with van der Waals surface area (Å²) in [5, 5.41) is 3.03. The van der Waals surface area contributed by atoms with Crippen molar-refractivity contribution in [1.82, 2.24) is 0 Å². The Bertz CT molecular complexity index is 516. The molecule has 0 N–H and O–H groups in total. The highest BCUT2D eigenvalue weighted by Gasteiger charge is 2.08. The highest BCUT2D eigenvalue weighted by molar-refractivity contribution is 8.03. The zero-order valence-electron chi connectivity index (χ0n) is 13.0. The van der Waals surface area contributed by atoms with Crippen molar-refractivity contribution < 1.29 is 8.42 Å². The first-order valence-electron chi connectivity index (χ1n) is 7.66. The van der Waals surface area contributed by atoms with E-state index in [1.54, 1.807) is 29.3 Å². The average molecular weight is 327 g/mol. The maximum atomic E-state index is 12.1. The van der Waals surface area contributed by atoms with E-state index in [1.165, 1.54) is 37.5 Å². The van der Waals surface area contributed by atoms with Crippen LogP contribution in [0.15, 0.2) is 40.0 Å². The van der Waals surface area contributed by atoms with Gasteiger partial charge in [-0.15, -0.1) is 11.8 Å². The van der Waals surface area contributed by atoms with Gasteiger partial charge in [-0.2, -0.15) is 0 Å². The lowest BCUT2D eigenvalue weighted by Crippen LogP contribution is -1.95. The fraction of sp³-hybridized carbons (Fsp3) is 0.529. The lowest BCUT2D eigenvalue weighted by atomic mass is 10.1. The first kappa shape index (κ1) is 18.3. The molecule has 0 saturated heterocycles. The molecule has 0 heterocycles. The Hall–Kier alpha value is -0.740. The summed E-state index contributed by atoms with van der Waals surface area (Å²) in [7, 11) is -3.28. The van der Waals surface area contributed by atoms with Crippen molar-refractivity contribution in [2.24, 2.45) is 0 Å². The molecule has 0 atom stereocenters. The van der Waals surface area contributed by atoms with Gasteiger partial charge in [-0.3, -0.25) is 0 Å². The van der Waals surface area contributed by atoms with Crippen LogP contribution in [0.1, 0.15) is 51.0 Å². The van der Waals surface area contributed by atoms with Crippen LogP contribution in [0.3, 0.4) is 0 Å². The summed E-state index contributed by atoms with van der Waals surface area (Å²) in [6.45, 7) is 4.16. The monoisotopic (exact) mass is 326 g/mol. The first-order valence-corrected chi connectivity index (χ1v) is 10.3. The molecule has 2 nitrogen and oxygen atoms in total. The summed E-state index contributed by atoms with van der Waals surface area (Å²) in [4.78, 5) is 0.365. The quantitative estimate of drug-likeness (QED) is 0.545. The number of hydrogen-bond acceptors (Lipinski definition) is 3. The van der Waals surface area contributed by atoms with Crippen LogP contribution in [0, 0.1) is 6.92 Å². The molecule has 0 radical (unpaired) electrons. The molecule has 0 saturated carbocycles. The van der Waals surface area contributed by atoms with Gasteiger partial charge in [0.1, 0.15) is 0 Å². The van der Waals surface area contributed by atoms with Crippen molar-refractivity contribution in [3.63, 3.8) is 0 Å². The molecule has 4 heteroatoms. The van der Waals surface area contributed by atoms with Crippen LogP contribution in [0.5, 0.6) is 0 Å². The lowest BCUT2D eigenvalue weighted by Gasteiger charge is -2.00. The predicted molar refractivity (Wildman–Crippen MR) is 93.3 cm³/mol. The summed E-state index contributed by atoms with van der Waals surface area (Å²) in [5.41, 5.74) is 1.07. The third kappa shape index (κ3) is 7.72. The molecule has 21 heavy (non-hydrogen) atoms. The minimum absolute atomic E-state index is 0.365. The minimum atomic E-state index is -3.28. The second-order valence-corrected chi connectivity index (χ2v) is 8.12. The Morgan fingerprint density at radius 1 is 1.00 bits per heavy atom. The second-order valence-electron chi connectivity index (χ2n) is 5.27. The van der Waals surface area contributed by atoms with Crippen molar-refractivity contribution >= 4 is 21.6 Å². The van der Waals surface area contributed by atoms with E-state index in [4.69, 9.17) is 0 Å². The molecular formula is C17H26O2S2. The Kier molecular flexibility index (Phi) is 8.77. The fourth-order valence-corrected chi connectivity index (χ4v) is 4.03. The van der Waals surface area contributed by atoms with Gasteiger partial charge in [-0.25, -0.2) is 8.42 Å². The molecule has 0 aliphatic heterocycles. The van der Waals surface area contributed by atoms with Crippen LogP contribution in [0.25, 0.3) is 0 Å². The maximum absolute atomic E-state index is 12.1. The summed E-state index contributed by atoms with van der Waals surface area (Å²) in [6, 6.07) is 6.97. The third-order valence-electron chi connectivity index (χ3n) is 3.30. The highest BCUT2D eigenvalue weighted by atomic mass is 32.2. The van der Waals surface area contributed by atoms with Crippen molar-refractivity contribution in [1.29, 1.82) is 0 Å². The van der Waals surface area contributed by atoms with Crippen LogP contribution in [0.2, 0.25) is 0 Å². The van der Waals surface area contributed by atoms with Crippen LogP contribution in [-0.2, 0) is 9.84 Å². The summed E-state index contributed by atoms with van der Waals surface area (Å²) >= 11 is 1.58. The van der Waals surface area contributed by atoms with E-state index in [0.717, 1.165) is 17.7 Å². The van der Waals surface area contributed by atoms with E-state index >= 15 is 0 Å². The Balaban J connectivity index is 2.27. The zero-order valence-corrected chi connectivity index (χ0v) is 14.7. The molecular weight excluding hydrogens is 300 g/mol. The Morgan fingerprint density at radius 3 is 2.29 bits per heavy atom. The topological polar surface area (TPSA) is 34.1 Å². The van der Waals surface area contributed by atoms with E-state index in [9.17, 15) is 8.42 Å². The van der Waals surface area contributed by atoms with Crippen LogP contribution in [-0.4, -0.2) is 14.2 Å². The fourth-order valence-electron chi connectivity index (χ4n) is 1.95. The van der Waals surface area contributed by atoms with E-state index < -0.39 is 9.84 Å². The normalized spacial score (nSPS) is 12.1. The molecule has 1 aromatic carbocycles. The third-order valence-corrected chi connectivity index (χ3v) is 5.74. The molecule has 0 aliphatic rings. The molecule has 1 aromatic rings. The molecule has 0 aliphatic carbocycles. The van der Waals surface area contributed by atoms with E-state index in [0.29, 0.717) is 4.90 Å². The van der Waals surface area contributed by atoms with Crippen molar-refractivity contribution in [2.75, 3.05) is 5.75 Å². The average Bonchev–Trinajstić information content (AvgIpc) is 2.46. The van der Waals surface area contributed by atoms with Gasteiger partial charge in [0.2, 0.25) is 0 Å². The molecule has 0 fully saturated rings. The first-order chi connectivity index (χ1) is 10.1. The largest absolute Gasteiger partial charge is 0.219 e. The molecule has 0 bridgehead atoms. The standard InChI is InChI=1S/C17H26O2S2/c1-3-4-5-6-7-8-13-20-14-15-21(18,19)17-11-9-16(2)10-12-17/h9-12,14-15H,3-8,13H2,1-2H3/b15-14+. The van der Waals surface area contributed by atoms with Gasteiger partial charge in [0.05, 0.1) is 4.90 Å². The Morgan fingerprint density at radius 2 is 1.62 bits per heavy atom. The molecule has 0 unspecified atom stereocenters. The van der Waals surface area contributed by atoms with Crippen LogP contribution in [0.4, 0.5) is 0 Å². The number of rotatable bonds is 10. The minimum Gasteiger partial charge on any atom is -0.219 e. The van der Waals surface area contributed by atoms with Gasteiger partial charge in [-0.05, 0) is 36.6 Å². The van der Waals surface area contributed by atoms with Crippen molar-refractivity contribution in [2.45, 2.75) is 57.3 Å².